The molecule has 1 aromatic carbocycles. The maximum Gasteiger partial charge on any atom is 0.0207 e. The van der Waals surface area contributed by atoms with E-state index in [1.807, 2.05) is 0 Å². The van der Waals surface area contributed by atoms with Gasteiger partial charge in [0, 0.05) is 4.47 Å². The molecule has 1 saturated carbocycles. The standard InChI is InChI=1S/C15H22BrN/c1-10(2)8-17-9-13-6-14(13)12-5-4-11(3)15(16)7-12/h4-5,7,10,13-14,17H,6,8-9H2,1-3H3. The molecule has 94 valence electrons. The van der Waals surface area contributed by atoms with E-state index in [1.165, 1.54) is 28.6 Å². The number of rotatable bonds is 5. The second kappa shape index (κ2) is 5.53. The molecule has 1 aliphatic rings. The van der Waals surface area contributed by atoms with Gasteiger partial charge in [-0.2, -0.15) is 0 Å². The van der Waals surface area contributed by atoms with Crippen LogP contribution in [0.25, 0.3) is 0 Å². The molecule has 1 nitrogen and oxygen atoms in total. The average molecular weight is 296 g/mol. The molecule has 0 radical (unpaired) electrons. The molecule has 0 amide bonds. The minimum Gasteiger partial charge on any atom is -0.316 e. The lowest BCUT2D eigenvalue weighted by atomic mass is 10.1. The SMILES string of the molecule is Cc1ccc(C2CC2CNCC(C)C)cc1Br. The van der Waals surface area contributed by atoms with Gasteiger partial charge in [0.25, 0.3) is 0 Å². The van der Waals surface area contributed by atoms with Crippen LogP contribution in [0.15, 0.2) is 22.7 Å². The van der Waals surface area contributed by atoms with Crippen LogP contribution in [0.5, 0.6) is 0 Å². The van der Waals surface area contributed by atoms with E-state index < -0.39 is 0 Å². The Hall–Kier alpha value is -0.340. The molecule has 0 spiro atoms. The van der Waals surface area contributed by atoms with Crippen molar-refractivity contribution in [2.24, 2.45) is 11.8 Å². The molecular formula is C15H22BrN. The molecule has 0 heterocycles. The molecule has 1 aromatic rings. The van der Waals surface area contributed by atoms with Gasteiger partial charge in [0.05, 0.1) is 0 Å². The minimum atomic E-state index is 0.751. The topological polar surface area (TPSA) is 12.0 Å². The number of hydrogen-bond acceptors (Lipinski definition) is 1. The van der Waals surface area contributed by atoms with Crippen LogP contribution in [-0.4, -0.2) is 13.1 Å². The highest BCUT2D eigenvalue weighted by Crippen LogP contribution is 2.47. The molecule has 1 fully saturated rings. The van der Waals surface area contributed by atoms with Crippen LogP contribution in [-0.2, 0) is 0 Å². The van der Waals surface area contributed by atoms with Crippen molar-refractivity contribution < 1.29 is 0 Å². The quantitative estimate of drug-likeness (QED) is 0.862. The predicted octanol–water partition coefficient (Wildman–Crippen LogP) is 4.11. The molecule has 1 aliphatic carbocycles. The number of nitrogens with one attached hydrogen (secondary N) is 1. The highest BCUT2D eigenvalue weighted by Gasteiger charge is 2.37. The van der Waals surface area contributed by atoms with E-state index in [-0.39, 0.29) is 0 Å². The molecule has 0 bridgehead atoms. The summed E-state index contributed by atoms with van der Waals surface area (Å²) in [5.41, 5.74) is 2.82. The van der Waals surface area contributed by atoms with Crippen molar-refractivity contribution in [3.05, 3.63) is 33.8 Å². The van der Waals surface area contributed by atoms with Crippen LogP contribution in [0.3, 0.4) is 0 Å². The molecule has 0 aromatic heterocycles. The Balaban J connectivity index is 1.83. The lowest BCUT2D eigenvalue weighted by molar-refractivity contribution is 0.532. The van der Waals surface area contributed by atoms with E-state index in [9.17, 15) is 0 Å². The average Bonchev–Trinajstić information content (AvgIpc) is 3.01. The zero-order valence-electron chi connectivity index (χ0n) is 11.0. The Kier molecular flexibility index (Phi) is 4.26. The highest BCUT2D eigenvalue weighted by atomic mass is 79.9. The molecule has 2 atom stereocenters. The van der Waals surface area contributed by atoms with Crippen LogP contribution in [0.2, 0.25) is 0 Å². The first-order valence-corrected chi connectivity index (χ1v) is 7.34. The molecule has 2 heteroatoms. The molecule has 1 N–H and O–H groups in total. The molecule has 2 unspecified atom stereocenters. The summed E-state index contributed by atoms with van der Waals surface area (Å²) in [6.45, 7) is 8.97. The Labute approximate surface area is 113 Å². The lowest BCUT2D eigenvalue weighted by Crippen LogP contribution is -2.22. The van der Waals surface area contributed by atoms with Crippen molar-refractivity contribution in [2.45, 2.75) is 33.1 Å². The first-order chi connectivity index (χ1) is 8.08. The zero-order chi connectivity index (χ0) is 12.4. The van der Waals surface area contributed by atoms with Crippen molar-refractivity contribution in [3.8, 4) is 0 Å². The largest absolute Gasteiger partial charge is 0.316 e. The zero-order valence-corrected chi connectivity index (χ0v) is 12.5. The predicted molar refractivity (Wildman–Crippen MR) is 77.4 cm³/mol. The highest BCUT2D eigenvalue weighted by molar-refractivity contribution is 9.10. The Bertz CT molecular complexity index is 387. The molecular weight excluding hydrogens is 274 g/mol. The second-order valence-corrected chi connectivity index (χ2v) is 6.52. The summed E-state index contributed by atoms with van der Waals surface area (Å²) < 4.78 is 1.25. The van der Waals surface area contributed by atoms with Crippen LogP contribution in [0.1, 0.15) is 37.3 Å². The molecule has 17 heavy (non-hydrogen) atoms. The summed E-state index contributed by atoms with van der Waals surface area (Å²) in [6.07, 6.45) is 1.35. The van der Waals surface area contributed by atoms with Crippen molar-refractivity contribution in [1.82, 2.24) is 5.32 Å². The lowest BCUT2D eigenvalue weighted by Gasteiger charge is -2.07. The molecule has 0 saturated heterocycles. The minimum absolute atomic E-state index is 0.751. The van der Waals surface area contributed by atoms with E-state index in [2.05, 4.69) is 60.2 Å². The van der Waals surface area contributed by atoms with E-state index >= 15 is 0 Å². The monoisotopic (exact) mass is 295 g/mol. The van der Waals surface area contributed by atoms with E-state index in [0.717, 1.165) is 24.3 Å². The van der Waals surface area contributed by atoms with E-state index in [4.69, 9.17) is 0 Å². The van der Waals surface area contributed by atoms with Crippen LogP contribution in [0.4, 0.5) is 0 Å². The fourth-order valence-electron chi connectivity index (χ4n) is 2.28. The first kappa shape index (κ1) is 13.1. The van der Waals surface area contributed by atoms with Crippen molar-refractivity contribution >= 4 is 15.9 Å². The summed E-state index contributed by atoms with van der Waals surface area (Å²) in [7, 11) is 0. The summed E-state index contributed by atoms with van der Waals surface area (Å²) in [6, 6.07) is 6.80. The van der Waals surface area contributed by atoms with Gasteiger partial charge in [-0.05, 0) is 61.4 Å². The number of benzene rings is 1. The van der Waals surface area contributed by atoms with Crippen molar-refractivity contribution in [1.29, 1.82) is 0 Å². The van der Waals surface area contributed by atoms with Gasteiger partial charge in [0.2, 0.25) is 0 Å². The third-order valence-corrected chi connectivity index (χ3v) is 4.36. The maximum absolute atomic E-state index is 3.62. The Morgan fingerprint density at radius 3 is 2.82 bits per heavy atom. The smallest absolute Gasteiger partial charge is 0.0207 e. The van der Waals surface area contributed by atoms with Crippen LogP contribution < -0.4 is 5.32 Å². The molecule has 2 rings (SSSR count). The summed E-state index contributed by atoms with van der Waals surface area (Å²) in [4.78, 5) is 0. The van der Waals surface area contributed by atoms with Crippen LogP contribution >= 0.6 is 15.9 Å². The third kappa shape index (κ3) is 3.56. The van der Waals surface area contributed by atoms with E-state index in [1.54, 1.807) is 0 Å². The Morgan fingerprint density at radius 1 is 1.41 bits per heavy atom. The molecule has 0 aliphatic heterocycles. The maximum atomic E-state index is 3.62. The Morgan fingerprint density at radius 2 is 2.18 bits per heavy atom. The number of aryl methyl sites for hydroxylation is 1. The van der Waals surface area contributed by atoms with Gasteiger partial charge in [0.1, 0.15) is 0 Å². The van der Waals surface area contributed by atoms with E-state index in [0.29, 0.717) is 0 Å². The second-order valence-electron chi connectivity index (χ2n) is 5.66. The summed E-state index contributed by atoms with van der Waals surface area (Å²) >= 11 is 3.62. The van der Waals surface area contributed by atoms with Gasteiger partial charge in [0.15, 0.2) is 0 Å². The van der Waals surface area contributed by atoms with Gasteiger partial charge >= 0.3 is 0 Å². The first-order valence-electron chi connectivity index (χ1n) is 6.54. The number of hydrogen-bond donors (Lipinski definition) is 1. The fraction of sp³-hybridized carbons (Fsp3) is 0.600. The van der Waals surface area contributed by atoms with Crippen molar-refractivity contribution in [2.75, 3.05) is 13.1 Å². The van der Waals surface area contributed by atoms with Gasteiger partial charge in [-0.3, -0.25) is 0 Å². The van der Waals surface area contributed by atoms with Gasteiger partial charge in [-0.1, -0.05) is 41.9 Å². The van der Waals surface area contributed by atoms with Crippen LogP contribution in [0, 0.1) is 18.8 Å². The van der Waals surface area contributed by atoms with Gasteiger partial charge in [-0.15, -0.1) is 0 Å². The summed E-state index contributed by atoms with van der Waals surface area (Å²) in [5, 5.41) is 3.56. The summed E-state index contributed by atoms with van der Waals surface area (Å²) in [5.74, 6) is 2.38. The number of halogens is 1. The van der Waals surface area contributed by atoms with Gasteiger partial charge < -0.3 is 5.32 Å². The normalized spacial score (nSPS) is 23.1. The van der Waals surface area contributed by atoms with Crippen molar-refractivity contribution in [3.63, 3.8) is 0 Å². The fourth-order valence-corrected chi connectivity index (χ4v) is 2.68. The third-order valence-electron chi connectivity index (χ3n) is 3.51. The van der Waals surface area contributed by atoms with Gasteiger partial charge in [-0.25, -0.2) is 0 Å².